The molecule has 0 aliphatic carbocycles. The minimum absolute atomic E-state index is 0. The van der Waals surface area contributed by atoms with Crippen LogP contribution in [-0.4, -0.2) is 75.1 Å². The molecule has 1 aromatic rings. The summed E-state index contributed by atoms with van der Waals surface area (Å²) in [6.07, 6.45) is 2.62. The summed E-state index contributed by atoms with van der Waals surface area (Å²) in [6.45, 7) is 7.53. The van der Waals surface area contributed by atoms with Crippen LogP contribution in [0, 0.1) is 0 Å². The van der Waals surface area contributed by atoms with Crippen LogP contribution in [0.5, 0.6) is 5.75 Å². The maximum absolute atomic E-state index is 11.6. The van der Waals surface area contributed by atoms with Crippen LogP contribution < -0.4 is 15.4 Å². The van der Waals surface area contributed by atoms with E-state index < -0.39 is 0 Å². The molecule has 0 atom stereocenters. The Hall–Kier alpha value is -1.55. The smallest absolute Gasteiger partial charge is 0.222 e. The fourth-order valence-corrected chi connectivity index (χ4v) is 3.01. The number of aliphatic imine (C=N–C) groups is 1. The van der Waals surface area contributed by atoms with Crippen LogP contribution in [0.1, 0.15) is 31.7 Å². The highest BCUT2D eigenvalue weighted by Gasteiger charge is 2.18. The van der Waals surface area contributed by atoms with Gasteiger partial charge < -0.3 is 25.2 Å². The van der Waals surface area contributed by atoms with Gasteiger partial charge in [-0.05, 0) is 51.6 Å². The molecule has 2 N–H and O–H groups in total. The van der Waals surface area contributed by atoms with Crippen molar-refractivity contribution < 1.29 is 9.53 Å². The lowest BCUT2D eigenvalue weighted by Gasteiger charge is -2.16. The third-order valence-electron chi connectivity index (χ3n) is 4.54. The van der Waals surface area contributed by atoms with E-state index in [1.54, 1.807) is 0 Å². The van der Waals surface area contributed by atoms with E-state index in [4.69, 9.17) is 4.74 Å². The van der Waals surface area contributed by atoms with E-state index in [-0.39, 0.29) is 29.9 Å². The first-order chi connectivity index (χ1) is 13.6. The third-order valence-corrected chi connectivity index (χ3v) is 4.54. The summed E-state index contributed by atoms with van der Waals surface area (Å²) in [6, 6.07) is 8.09. The molecule has 1 aliphatic rings. The predicted molar refractivity (Wildman–Crippen MR) is 129 cm³/mol. The number of hydrogen-bond acceptors (Lipinski definition) is 4. The van der Waals surface area contributed by atoms with Crippen LogP contribution in [0.4, 0.5) is 0 Å². The minimum atomic E-state index is 0. The number of halogens is 1. The van der Waals surface area contributed by atoms with E-state index in [2.05, 4.69) is 33.5 Å². The standard InChI is InChI=1S/C21H35N5O2.HI/c1-4-22-21(23-11-7-13-26-12-6-10-20(26)27)24-17-18-8-5-9-19(16-18)28-15-14-25(2)3;/h5,8-9,16H,4,6-7,10-15,17H2,1-3H3,(H2,22,23,24);1H. The summed E-state index contributed by atoms with van der Waals surface area (Å²) in [7, 11) is 4.07. The Morgan fingerprint density at radius 1 is 1.31 bits per heavy atom. The zero-order chi connectivity index (χ0) is 20.2. The number of carbonyl (C=O) groups is 1. The van der Waals surface area contributed by atoms with Crippen molar-refractivity contribution in [3.8, 4) is 5.75 Å². The largest absolute Gasteiger partial charge is 0.492 e. The highest BCUT2D eigenvalue weighted by Crippen LogP contribution is 2.14. The number of amides is 1. The fourth-order valence-electron chi connectivity index (χ4n) is 3.01. The third kappa shape index (κ3) is 10.2. The van der Waals surface area contributed by atoms with Gasteiger partial charge in [0.25, 0.3) is 0 Å². The fraction of sp³-hybridized carbons (Fsp3) is 0.619. The summed E-state index contributed by atoms with van der Waals surface area (Å²) in [5.74, 6) is 1.96. The molecule has 1 heterocycles. The lowest BCUT2D eigenvalue weighted by atomic mass is 10.2. The summed E-state index contributed by atoms with van der Waals surface area (Å²) in [5.41, 5.74) is 1.11. The highest BCUT2D eigenvalue weighted by molar-refractivity contribution is 14.0. The second-order valence-corrected chi connectivity index (χ2v) is 7.26. The van der Waals surface area contributed by atoms with Gasteiger partial charge in [0.1, 0.15) is 12.4 Å². The van der Waals surface area contributed by atoms with Gasteiger partial charge in [-0.2, -0.15) is 0 Å². The number of nitrogens with one attached hydrogen (secondary N) is 2. The zero-order valence-electron chi connectivity index (χ0n) is 17.9. The van der Waals surface area contributed by atoms with E-state index in [9.17, 15) is 4.79 Å². The van der Waals surface area contributed by atoms with Crippen LogP contribution in [0.2, 0.25) is 0 Å². The van der Waals surface area contributed by atoms with Crippen LogP contribution >= 0.6 is 24.0 Å². The number of carbonyl (C=O) groups excluding carboxylic acids is 1. The normalized spacial score (nSPS) is 14.1. The van der Waals surface area contributed by atoms with Crippen molar-refractivity contribution in [2.75, 3.05) is 53.4 Å². The second-order valence-electron chi connectivity index (χ2n) is 7.26. The van der Waals surface area contributed by atoms with E-state index in [1.807, 2.05) is 37.2 Å². The topological polar surface area (TPSA) is 69.2 Å². The number of likely N-dealkylation sites (tertiary alicyclic amines) is 1. The van der Waals surface area contributed by atoms with Crippen LogP contribution in [-0.2, 0) is 11.3 Å². The first kappa shape index (κ1) is 25.5. The quantitative estimate of drug-likeness (QED) is 0.204. The van der Waals surface area contributed by atoms with Gasteiger partial charge in [-0.15, -0.1) is 24.0 Å². The molecule has 29 heavy (non-hydrogen) atoms. The Kier molecular flexibility index (Phi) is 12.7. The van der Waals surface area contributed by atoms with Gasteiger partial charge in [0.15, 0.2) is 5.96 Å². The number of guanidine groups is 1. The molecular weight excluding hydrogens is 481 g/mol. The van der Waals surface area contributed by atoms with Crippen molar-refractivity contribution in [3.63, 3.8) is 0 Å². The second kappa shape index (κ2) is 14.4. The van der Waals surface area contributed by atoms with Crippen molar-refractivity contribution in [2.45, 2.75) is 32.7 Å². The Labute approximate surface area is 192 Å². The van der Waals surface area contributed by atoms with Crippen molar-refractivity contribution in [3.05, 3.63) is 29.8 Å². The lowest BCUT2D eigenvalue weighted by Crippen LogP contribution is -2.39. The van der Waals surface area contributed by atoms with Crippen LogP contribution in [0.25, 0.3) is 0 Å². The van der Waals surface area contributed by atoms with Crippen molar-refractivity contribution in [1.82, 2.24) is 20.4 Å². The summed E-state index contributed by atoms with van der Waals surface area (Å²) >= 11 is 0. The first-order valence-electron chi connectivity index (χ1n) is 10.2. The molecule has 1 aromatic carbocycles. The minimum Gasteiger partial charge on any atom is -0.492 e. The zero-order valence-corrected chi connectivity index (χ0v) is 20.3. The molecule has 0 saturated carbocycles. The van der Waals surface area contributed by atoms with Crippen molar-refractivity contribution >= 4 is 35.8 Å². The molecule has 0 aromatic heterocycles. The molecule has 8 heteroatoms. The van der Waals surface area contributed by atoms with E-state index in [0.717, 1.165) is 62.8 Å². The predicted octanol–water partition coefficient (Wildman–Crippen LogP) is 2.31. The molecule has 0 radical (unpaired) electrons. The molecule has 164 valence electrons. The maximum atomic E-state index is 11.6. The number of nitrogens with zero attached hydrogens (tertiary/aromatic N) is 3. The molecule has 0 bridgehead atoms. The van der Waals surface area contributed by atoms with Gasteiger partial charge in [-0.3, -0.25) is 4.79 Å². The molecule has 7 nitrogen and oxygen atoms in total. The average Bonchev–Trinajstić information content (AvgIpc) is 3.08. The van der Waals surface area contributed by atoms with Crippen molar-refractivity contribution in [2.24, 2.45) is 4.99 Å². The SMILES string of the molecule is CCNC(=NCc1cccc(OCCN(C)C)c1)NCCCN1CCCC1=O.I. The highest BCUT2D eigenvalue weighted by atomic mass is 127. The molecule has 0 spiro atoms. The van der Waals surface area contributed by atoms with Gasteiger partial charge in [-0.25, -0.2) is 4.99 Å². The number of rotatable bonds is 11. The van der Waals surface area contributed by atoms with Crippen LogP contribution in [0.15, 0.2) is 29.3 Å². The number of likely N-dealkylation sites (N-methyl/N-ethyl adjacent to an activating group) is 1. The van der Waals surface area contributed by atoms with Gasteiger partial charge >= 0.3 is 0 Å². The van der Waals surface area contributed by atoms with Crippen molar-refractivity contribution in [1.29, 1.82) is 0 Å². The molecule has 1 amide bonds. The van der Waals surface area contributed by atoms with Crippen LogP contribution in [0.3, 0.4) is 0 Å². The lowest BCUT2D eigenvalue weighted by molar-refractivity contribution is -0.127. The van der Waals surface area contributed by atoms with Gasteiger partial charge in [0, 0.05) is 39.1 Å². The molecule has 1 fully saturated rings. The van der Waals surface area contributed by atoms with Gasteiger partial charge in [0.2, 0.25) is 5.91 Å². The van der Waals surface area contributed by atoms with Gasteiger partial charge in [0.05, 0.1) is 6.54 Å². The van der Waals surface area contributed by atoms with E-state index in [0.29, 0.717) is 19.6 Å². The first-order valence-corrected chi connectivity index (χ1v) is 10.2. The Morgan fingerprint density at radius 2 is 2.14 bits per heavy atom. The summed E-state index contributed by atoms with van der Waals surface area (Å²) < 4.78 is 5.80. The van der Waals surface area contributed by atoms with E-state index in [1.165, 1.54) is 0 Å². The molecule has 1 aliphatic heterocycles. The number of benzene rings is 1. The Balaban J connectivity index is 0.00000420. The number of ether oxygens (including phenoxy) is 1. The molecule has 1 saturated heterocycles. The van der Waals surface area contributed by atoms with E-state index >= 15 is 0 Å². The number of hydrogen-bond donors (Lipinski definition) is 2. The molecular formula is C21H36IN5O2. The van der Waals surface area contributed by atoms with Gasteiger partial charge in [-0.1, -0.05) is 12.1 Å². The molecule has 0 unspecified atom stereocenters. The summed E-state index contributed by atoms with van der Waals surface area (Å²) in [5, 5.41) is 6.63. The maximum Gasteiger partial charge on any atom is 0.222 e. The Bertz CT molecular complexity index is 639. The Morgan fingerprint density at radius 3 is 2.83 bits per heavy atom. The summed E-state index contributed by atoms with van der Waals surface area (Å²) in [4.78, 5) is 20.4. The monoisotopic (exact) mass is 517 g/mol. The average molecular weight is 517 g/mol. The molecule has 2 rings (SSSR count).